The number of nitrogens with one attached hydrogen (secondary N) is 1. The number of para-hydroxylation sites is 1. The summed E-state index contributed by atoms with van der Waals surface area (Å²) < 4.78 is 13.0. The van der Waals surface area contributed by atoms with Crippen LogP contribution >= 0.6 is 0 Å². The van der Waals surface area contributed by atoms with E-state index in [2.05, 4.69) is 43.1 Å². The van der Waals surface area contributed by atoms with Crippen molar-refractivity contribution in [3.8, 4) is 11.5 Å². The topological polar surface area (TPSA) is 50.8 Å². The minimum atomic E-state index is -1.09. The molecule has 2 aliphatic heterocycles. The average Bonchev–Trinajstić information content (AvgIpc) is 3.20. The molecule has 0 aromatic heterocycles. The lowest BCUT2D eigenvalue weighted by molar-refractivity contribution is 0.0224. The molecule has 4 aromatic carbocycles. The van der Waals surface area contributed by atoms with Gasteiger partial charge < -0.3 is 19.7 Å². The first-order valence-corrected chi connectivity index (χ1v) is 12.4. The van der Waals surface area contributed by atoms with Gasteiger partial charge in [0.25, 0.3) is 0 Å². The van der Waals surface area contributed by atoms with E-state index < -0.39 is 5.60 Å². The summed E-state index contributed by atoms with van der Waals surface area (Å²) in [6.45, 7) is 8.17. The monoisotopic (exact) mass is 476 g/mol. The number of hydrogen-bond donors (Lipinski definition) is 1. The van der Waals surface area contributed by atoms with Crippen LogP contribution in [0.15, 0.2) is 84.9 Å². The molecule has 5 heteroatoms. The minimum absolute atomic E-state index is 0.323. The number of carbonyl (C=O) groups excluding carboxylic acids is 1. The first kappa shape index (κ1) is 22.2. The van der Waals surface area contributed by atoms with E-state index in [4.69, 9.17) is 9.47 Å². The van der Waals surface area contributed by atoms with Gasteiger partial charge in [-0.3, -0.25) is 0 Å². The number of fused-ring (bicyclic) bond motifs is 6. The predicted molar refractivity (Wildman–Crippen MR) is 143 cm³/mol. The van der Waals surface area contributed by atoms with Crippen molar-refractivity contribution in [1.29, 1.82) is 0 Å². The van der Waals surface area contributed by atoms with Gasteiger partial charge in [-0.15, -0.1) is 0 Å². The van der Waals surface area contributed by atoms with E-state index in [0.29, 0.717) is 11.3 Å². The molecule has 6 rings (SSSR count). The van der Waals surface area contributed by atoms with Crippen molar-refractivity contribution in [2.24, 2.45) is 0 Å². The number of benzene rings is 4. The van der Waals surface area contributed by atoms with Gasteiger partial charge in [-0.25, -0.2) is 4.79 Å². The Morgan fingerprint density at radius 1 is 0.806 bits per heavy atom. The summed E-state index contributed by atoms with van der Waals surface area (Å²) in [6, 6.07) is 27.9. The van der Waals surface area contributed by atoms with Crippen LogP contribution in [0.5, 0.6) is 11.5 Å². The van der Waals surface area contributed by atoms with Crippen molar-refractivity contribution in [2.45, 2.75) is 26.4 Å². The Hall–Kier alpha value is -4.25. The van der Waals surface area contributed by atoms with Gasteiger partial charge in [0, 0.05) is 52.4 Å². The van der Waals surface area contributed by atoms with Gasteiger partial charge in [0.1, 0.15) is 11.5 Å². The fourth-order valence-electron chi connectivity index (χ4n) is 5.53. The van der Waals surface area contributed by atoms with Crippen LogP contribution in [-0.2, 0) is 10.3 Å². The van der Waals surface area contributed by atoms with Crippen LogP contribution in [0.4, 0.5) is 17.1 Å². The zero-order chi connectivity index (χ0) is 24.9. The summed E-state index contributed by atoms with van der Waals surface area (Å²) in [5.74, 6) is 1.11. The largest absolute Gasteiger partial charge is 0.456 e. The first-order chi connectivity index (χ1) is 17.6. The van der Waals surface area contributed by atoms with E-state index in [-0.39, 0.29) is 5.97 Å². The van der Waals surface area contributed by atoms with Crippen LogP contribution < -0.4 is 15.0 Å². The van der Waals surface area contributed by atoms with Gasteiger partial charge in [0.05, 0.1) is 5.56 Å². The smallest absolute Gasteiger partial charge is 0.340 e. The molecule has 0 aliphatic carbocycles. The minimum Gasteiger partial charge on any atom is -0.456 e. The van der Waals surface area contributed by atoms with Gasteiger partial charge in [0.15, 0.2) is 5.60 Å². The fraction of sp³-hybridized carbons (Fsp3) is 0.194. The highest BCUT2D eigenvalue weighted by atomic mass is 16.6. The summed E-state index contributed by atoms with van der Waals surface area (Å²) in [6.07, 6.45) is 0. The third-order valence-electron chi connectivity index (χ3n) is 7.27. The summed E-state index contributed by atoms with van der Waals surface area (Å²) >= 11 is 0. The third kappa shape index (κ3) is 3.19. The molecule has 0 fully saturated rings. The van der Waals surface area contributed by atoms with Crippen LogP contribution in [0.1, 0.15) is 46.5 Å². The average molecular weight is 477 g/mol. The highest BCUT2D eigenvalue weighted by molar-refractivity contribution is 5.97. The Morgan fingerprint density at radius 3 is 2.33 bits per heavy atom. The quantitative estimate of drug-likeness (QED) is 0.310. The van der Waals surface area contributed by atoms with E-state index in [1.165, 1.54) is 0 Å². The fourth-order valence-corrected chi connectivity index (χ4v) is 5.53. The molecule has 2 aliphatic rings. The molecule has 0 amide bonds. The molecule has 5 nitrogen and oxygen atoms in total. The van der Waals surface area contributed by atoms with Crippen molar-refractivity contribution >= 4 is 23.0 Å². The van der Waals surface area contributed by atoms with Crippen LogP contribution in [0, 0.1) is 6.92 Å². The molecule has 2 heterocycles. The number of carbonyl (C=O) groups is 1. The van der Waals surface area contributed by atoms with Crippen LogP contribution in [0.3, 0.4) is 0 Å². The second kappa shape index (κ2) is 8.45. The third-order valence-corrected chi connectivity index (χ3v) is 7.27. The molecule has 1 spiro atoms. The molecule has 1 unspecified atom stereocenters. The molecule has 0 bridgehead atoms. The van der Waals surface area contributed by atoms with E-state index in [1.54, 1.807) is 0 Å². The molecular formula is C31H28N2O3. The number of rotatable bonds is 5. The zero-order valence-corrected chi connectivity index (χ0v) is 20.7. The van der Waals surface area contributed by atoms with E-state index >= 15 is 0 Å². The molecular weight excluding hydrogens is 448 g/mol. The maximum Gasteiger partial charge on any atom is 0.340 e. The summed E-state index contributed by atoms with van der Waals surface area (Å²) in [5, 5.41) is 3.47. The van der Waals surface area contributed by atoms with Crippen molar-refractivity contribution in [1.82, 2.24) is 0 Å². The van der Waals surface area contributed by atoms with E-state index in [0.717, 1.165) is 58.2 Å². The Balaban J connectivity index is 1.59. The van der Waals surface area contributed by atoms with Crippen LogP contribution in [0.25, 0.3) is 0 Å². The van der Waals surface area contributed by atoms with E-state index in [1.807, 2.05) is 72.8 Å². The number of hydrogen-bond acceptors (Lipinski definition) is 5. The second-order valence-electron chi connectivity index (χ2n) is 9.18. The molecule has 0 saturated heterocycles. The molecule has 0 saturated carbocycles. The highest BCUT2D eigenvalue weighted by Gasteiger charge is 2.54. The predicted octanol–water partition coefficient (Wildman–Crippen LogP) is 7.15. The van der Waals surface area contributed by atoms with E-state index in [9.17, 15) is 4.79 Å². The molecule has 1 N–H and O–H groups in total. The van der Waals surface area contributed by atoms with Gasteiger partial charge in [-0.1, -0.05) is 36.4 Å². The highest BCUT2D eigenvalue weighted by Crippen LogP contribution is 2.58. The molecule has 1 atom stereocenters. The second-order valence-corrected chi connectivity index (χ2v) is 9.18. The van der Waals surface area contributed by atoms with Crippen LogP contribution in [-0.4, -0.2) is 19.1 Å². The number of ether oxygens (including phenoxy) is 2. The lowest BCUT2D eigenvalue weighted by atomic mass is 9.77. The van der Waals surface area contributed by atoms with Crippen molar-refractivity contribution in [3.63, 3.8) is 0 Å². The van der Waals surface area contributed by atoms with Crippen molar-refractivity contribution < 1.29 is 14.3 Å². The molecule has 0 radical (unpaired) electrons. The van der Waals surface area contributed by atoms with Crippen LogP contribution in [0.2, 0.25) is 0 Å². The number of esters is 1. The van der Waals surface area contributed by atoms with Gasteiger partial charge in [-0.2, -0.15) is 0 Å². The summed E-state index contributed by atoms with van der Waals surface area (Å²) in [4.78, 5) is 15.5. The Labute approximate surface area is 211 Å². The van der Waals surface area contributed by atoms with Gasteiger partial charge in [-0.05, 0) is 69.3 Å². The summed E-state index contributed by atoms with van der Waals surface area (Å²) in [7, 11) is 0. The Morgan fingerprint density at radius 2 is 1.56 bits per heavy atom. The molecule has 180 valence electrons. The summed E-state index contributed by atoms with van der Waals surface area (Å²) in [5.41, 5.74) is 6.02. The maximum atomic E-state index is 13.2. The SMILES string of the molecule is CCN(CC)c1ccc2c(c1C)Oc1ccc(Nc3ccccc3)cc1C21OC(=O)c2ccccc21. The molecule has 4 aromatic rings. The Kier molecular flexibility index (Phi) is 5.22. The first-order valence-electron chi connectivity index (χ1n) is 12.4. The maximum absolute atomic E-state index is 13.2. The lowest BCUT2D eigenvalue weighted by Crippen LogP contribution is -2.34. The van der Waals surface area contributed by atoms with Crippen molar-refractivity contribution in [2.75, 3.05) is 23.3 Å². The number of nitrogens with zero attached hydrogens (tertiary/aromatic N) is 1. The van der Waals surface area contributed by atoms with Crippen molar-refractivity contribution in [3.05, 3.63) is 113 Å². The standard InChI is InChI=1S/C31H28N2O3/c1-4-33(5-2)27-17-16-25-29(20(27)3)35-28-18-15-22(32-21-11-7-6-8-12-21)19-26(28)31(25)24-14-10-9-13-23(24)30(34)36-31/h6-19,32H,4-5H2,1-3H3. The number of anilines is 3. The zero-order valence-electron chi connectivity index (χ0n) is 20.7. The van der Waals surface area contributed by atoms with Gasteiger partial charge >= 0.3 is 5.97 Å². The lowest BCUT2D eigenvalue weighted by Gasteiger charge is -2.38. The normalized spacial score (nSPS) is 17.0. The van der Waals surface area contributed by atoms with Gasteiger partial charge in [0.2, 0.25) is 0 Å². The molecule has 36 heavy (non-hydrogen) atoms. The Bertz CT molecular complexity index is 1480.